The predicted molar refractivity (Wildman–Crippen MR) is 98.4 cm³/mol. The second-order valence-corrected chi connectivity index (χ2v) is 7.72. The van der Waals surface area contributed by atoms with E-state index < -0.39 is 0 Å². The van der Waals surface area contributed by atoms with Gasteiger partial charge in [-0.25, -0.2) is 5.43 Å². The van der Waals surface area contributed by atoms with Gasteiger partial charge < -0.3 is 4.42 Å². The van der Waals surface area contributed by atoms with E-state index in [0.717, 1.165) is 17.7 Å². The average Bonchev–Trinajstić information content (AvgIpc) is 2.96. The minimum Gasteiger partial charge on any atom is -0.455 e. The Morgan fingerprint density at radius 1 is 1.36 bits per heavy atom. The van der Waals surface area contributed by atoms with Gasteiger partial charge in [-0.05, 0) is 48.4 Å². The standard InChI is InChI=1S/C20H21ClN2O2/c1-20-10-3-2-7-16(20)18(20)19(24)23-22-12-15-8-9-17(25-15)13-5-4-6-14(21)11-13/h4-6,8-9,11-12,16,18H,2-3,7,10H2,1H3,(H,23,24)/b22-12-/t16-,18-,20-/m0/s1. The summed E-state index contributed by atoms with van der Waals surface area (Å²) in [6, 6.07) is 11.2. The number of benzene rings is 1. The number of nitrogens with one attached hydrogen (secondary N) is 1. The summed E-state index contributed by atoms with van der Waals surface area (Å²) in [6.07, 6.45) is 6.34. The first kappa shape index (κ1) is 16.4. The summed E-state index contributed by atoms with van der Waals surface area (Å²) >= 11 is 6.00. The zero-order valence-electron chi connectivity index (χ0n) is 14.2. The van der Waals surface area contributed by atoms with Crippen molar-refractivity contribution in [1.82, 2.24) is 5.43 Å². The van der Waals surface area contributed by atoms with Gasteiger partial charge in [0.15, 0.2) is 0 Å². The first-order valence-electron chi connectivity index (χ1n) is 8.77. The number of hydrogen-bond acceptors (Lipinski definition) is 3. The molecule has 0 saturated heterocycles. The van der Waals surface area contributed by atoms with Gasteiger partial charge in [-0.1, -0.05) is 43.5 Å². The van der Waals surface area contributed by atoms with Crippen LogP contribution in [0, 0.1) is 17.3 Å². The van der Waals surface area contributed by atoms with E-state index in [2.05, 4.69) is 17.5 Å². The number of furan rings is 1. The number of hydrogen-bond donors (Lipinski definition) is 1. The van der Waals surface area contributed by atoms with Gasteiger partial charge in [0, 0.05) is 16.5 Å². The lowest BCUT2D eigenvalue weighted by Crippen LogP contribution is -2.22. The monoisotopic (exact) mass is 356 g/mol. The summed E-state index contributed by atoms with van der Waals surface area (Å²) < 4.78 is 5.74. The second kappa shape index (κ2) is 6.34. The third-order valence-electron chi connectivity index (χ3n) is 5.72. The molecule has 4 nitrogen and oxygen atoms in total. The summed E-state index contributed by atoms with van der Waals surface area (Å²) in [5, 5.41) is 4.73. The zero-order valence-corrected chi connectivity index (χ0v) is 14.9. The Balaban J connectivity index is 1.37. The second-order valence-electron chi connectivity index (χ2n) is 7.28. The van der Waals surface area contributed by atoms with Crippen molar-refractivity contribution in [3.05, 3.63) is 47.2 Å². The van der Waals surface area contributed by atoms with Gasteiger partial charge >= 0.3 is 0 Å². The Kier molecular flexibility index (Phi) is 4.16. The largest absolute Gasteiger partial charge is 0.455 e. The molecule has 2 aliphatic carbocycles. The number of carbonyl (C=O) groups is 1. The molecule has 1 aromatic carbocycles. The first-order valence-corrected chi connectivity index (χ1v) is 9.14. The molecule has 1 amide bonds. The molecule has 3 atom stereocenters. The molecule has 2 aliphatic rings. The van der Waals surface area contributed by atoms with Crippen LogP contribution in [0.1, 0.15) is 38.4 Å². The number of halogens is 1. The summed E-state index contributed by atoms with van der Waals surface area (Å²) in [6.45, 7) is 2.23. The molecule has 2 saturated carbocycles. The summed E-state index contributed by atoms with van der Waals surface area (Å²) in [7, 11) is 0. The topological polar surface area (TPSA) is 54.6 Å². The molecule has 1 aromatic heterocycles. The fourth-order valence-corrected chi connectivity index (χ4v) is 4.49. The molecule has 25 heavy (non-hydrogen) atoms. The van der Waals surface area contributed by atoms with Gasteiger partial charge in [0.05, 0.1) is 6.21 Å². The third-order valence-corrected chi connectivity index (χ3v) is 5.95. The van der Waals surface area contributed by atoms with Gasteiger partial charge in [-0.15, -0.1) is 0 Å². The van der Waals surface area contributed by atoms with Crippen LogP contribution >= 0.6 is 11.6 Å². The number of rotatable bonds is 4. The van der Waals surface area contributed by atoms with E-state index >= 15 is 0 Å². The molecule has 1 N–H and O–H groups in total. The fraction of sp³-hybridized carbons (Fsp3) is 0.400. The van der Waals surface area contributed by atoms with E-state index in [4.69, 9.17) is 16.0 Å². The maximum absolute atomic E-state index is 12.4. The van der Waals surface area contributed by atoms with Crippen molar-refractivity contribution >= 4 is 23.7 Å². The lowest BCUT2D eigenvalue weighted by molar-refractivity contribution is -0.123. The number of carbonyl (C=O) groups excluding carboxylic acids is 1. The van der Waals surface area contributed by atoms with Crippen molar-refractivity contribution < 1.29 is 9.21 Å². The molecule has 0 aliphatic heterocycles. The third kappa shape index (κ3) is 3.11. The molecule has 2 fully saturated rings. The molecule has 0 radical (unpaired) electrons. The predicted octanol–water partition coefficient (Wildman–Crippen LogP) is 4.88. The highest BCUT2D eigenvalue weighted by molar-refractivity contribution is 6.30. The number of amides is 1. The van der Waals surface area contributed by atoms with E-state index in [1.165, 1.54) is 19.3 Å². The van der Waals surface area contributed by atoms with Crippen molar-refractivity contribution in [3.63, 3.8) is 0 Å². The molecule has 130 valence electrons. The molecular weight excluding hydrogens is 336 g/mol. The SMILES string of the molecule is C[C@]12CCCC[C@H]1[C@H]2C(=O)N/N=C\c1ccc(-c2cccc(Cl)c2)o1. The van der Waals surface area contributed by atoms with Gasteiger partial charge in [0.25, 0.3) is 0 Å². The highest BCUT2D eigenvalue weighted by Gasteiger charge is 2.64. The summed E-state index contributed by atoms with van der Waals surface area (Å²) in [5.74, 6) is 2.00. The van der Waals surface area contributed by atoms with Crippen molar-refractivity contribution in [2.45, 2.75) is 32.6 Å². The summed E-state index contributed by atoms with van der Waals surface area (Å²) in [5.41, 5.74) is 3.79. The average molecular weight is 357 g/mol. The van der Waals surface area contributed by atoms with Crippen LogP contribution in [0.3, 0.4) is 0 Å². The van der Waals surface area contributed by atoms with Crippen molar-refractivity contribution in [1.29, 1.82) is 0 Å². The first-order chi connectivity index (χ1) is 12.1. The van der Waals surface area contributed by atoms with Crippen LogP contribution in [0.25, 0.3) is 11.3 Å². The molecule has 1 heterocycles. The molecule has 0 bridgehead atoms. The minimum absolute atomic E-state index is 0.0345. The maximum Gasteiger partial charge on any atom is 0.244 e. The normalized spacial score (nSPS) is 27.9. The number of nitrogens with zero attached hydrogens (tertiary/aromatic N) is 1. The molecule has 5 heteroatoms. The van der Waals surface area contributed by atoms with E-state index in [0.29, 0.717) is 16.7 Å². The summed E-state index contributed by atoms with van der Waals surface area (Å²) in [4.78, 5) is 12.4. The van der Waals surface area contributed by atoms with Crippen molar-refractivity contribution in [3.8, 4) is 11.3 Å². The molecular formula is C20H21ClN2O2. The molecule has 0 unspecified atom stereocenters. The molecule has 2 aromatic rings. The Labute approximate surface area is 152 Å². The van der Waals surface area contributed by atoms with E-state index in [1.54, 1.807) is 6.21 Å². The number of hydrazone groups is 1. The van der Waals surface area contributed by atoms with Gasteiger partial charge in [-0.2, -0.15) is 5.10 Å². The Bertz CT molecular complexity index is 829. The van der Waals surface area contributed by atoms with Crippen LogP contribution in [0.15, 0.2) is 45.9 Å². The van der Waals surface area contributed by atoms with Crippen LogP contribution in [0.4, 0.5) is 0 Å². The zero-order chi connectivity index (χ0) is 17.4. The van der Waals surface area contributed by atoms with Gasteiger partial charge in [-0.3, -0.25) is 4.79 Å². The smallest absolute Gasteiger partial charge is 0.244 e. The van der Waals surface area contributed by atoms with Crippen LogP contribution in [-0.2, 0) is 4.79 Å². The van der Waals surface area contributed by atoms with Gasteiger partial charge in [0.2, 0.25) is 5.91 Å². The van der Waals surface area contributed by atoms with E-state index in [1.807, 2.05) is 36.4 Å². The lowest BCUT2D eigenvalue weighted by Gasteiger charge is -2.15. The quantitative estimate of drug-likeness (QED) is 0.627. The van der Waals surface area contributed by atoms with Crippen LogP contribution in [-0.4, -0.2) is 12.1 Å². The maximum atomic E-state index is 12.4. The van der Waals surface area contributed by atoms with Crippen molar-refractivity contribution in [2.24, 2.45) is 22.4 Å². The molecule has 0 spiro atoms. The fourth-order valence-electron chi connectivity index (χ4n) is 4.30. The Hall–Kier alpha value is -2.07. The van der Waals surface area contributed by atoms with Crippen LogP contribution in [0.5, 0.6) is 0 Å². The van der Waals surface area contributed by atoms with Crippen LogP contribution < -0.4 is 5.43 Å². The minimum atomic E-state index is 0.0345. The van der Waals surface area contributed by atoms with Crippen molar-refractivity contribution in [2.75, 3.05) is 0 Å². The van der Waals surface area contributed by atoms with E-state index in [9.17, 15) is 4.79 Å². The molecule has 4 rings (SSSR count). The Morgan fingerprint density at radius 3 is 3.00 bits per heavy atom. The number of fused-ring (bicyclic) bond motifs is 1. The van der Waals surface area contributed by atoms with Crippen LogP contribution in [0.2, 0.25) is 5.02 Å². The Morgan fingerprint density at radius 2 is 2.24 bits per heavy atom. The van der Waals surface area contributed by atoms with Gasteiger partial charge in [0.1, 0.15) is 11.5 Å². The highest BCUT2D eigenvalue weighted by Crippen LogP contribution is 2.66. The lowest BCUT2D eigenvalue weighted by atomic mass is 9.90. The highest BCUT2D eigenvalue weighted by atomic mass is 35.5. The van der Waals surface area contributed by atoms with E-state index in [-0.39, 0.29) is 17.2 Å².